The lowest BCUT2D eigenvalue weighted by molar-refractivity contribution is 0.252. The van der Waals surface area contributed by atoms with E-state index in [1.54, 1.807) is 0 Å². The molecule has 0 bridgehead atoms. The number of rotatable bonds is 1. The first-order valence-corrected chi connectivity index (χ1v) is 4.43. The van der Waals surface area contributed by atoms with E-state index in [9.17, 15) is 0 Å². The first-order chi connectivity index (χ1) is 4.70. The summed E-state index contributed by atoms with van der Waals surface area (Å²) in [4.78, 5) is 0. The first kappa shape index (κ1) is 8.06. The molecular formula is C9H19N. The van der Waals surface area contributed by atoms with E-state index in [0.717, 1.165) is 17.9 Å². The Bertz CT molecular complexity index is 98.9. The minimum atomic E-state index is 0.751. The Hall–Kier alpha value is -0.0400. The van der Waals surface area contributed by atoms with Gasteiger partial charge in [0, 0.05) is 6.04 Å². The Morgan fingerprint density at radius 3 is 2.50 bits per heavy atom. The van der Waals surface area contributed by atoms with Crippen LogP contribution in [0.4, 0.5) is 0 Å². The standard InChI is InChI=1S/C9H19N/c1-7(2)9-4-5-10-8(3)6-9/h7-10H,4-6H2,1-3H3/t8-,9+/m0/s1. The van der Waals surface area contributed by atoms with E-state index in [2.05, 4.69) is 26.1 Å². The van der Waals surface area contributed by atoms with E-state index in [0.29, 0.717) is 0 Å². The Balaban J connectivity index is 2.32. The van der Waals surface area contributed by atoms with Gasteiger partial charge in [0.1, 0.15) is 0 Å². The Labute approximate surface area is 64.2 Å². The van der Waals surface area contributed by atoms with Crippen molar-refractivity contribution < 1.29 is 0 Å². The van der Waals surface area contributed by atoms with Crippen LogP contribution in [0.25, 0.3) is 0 Å². The van der Waals surface area contributed by atoms with E-state index >= 15 is 0 Å². The molecule has 0 aromatic heterocycles. The molecule has 1 heterocycles. The van der Waals surface area contributed by atoms with Crippen LogP contribution in [0.2, 0.25) is 0 Å². The lowest BCUT2D eigenvalue weighted by Gasteiger charge is -2.30. The van der Waals surface area contributed by atoms with Gasteiger partial charge in [-0.2, -0.15) is 0 Å². The Kier molecular flexibility index (Phi) is 2.72. The van der Waals surface area contributed by atoms with E-state index in [1.807, 2.05) is 0 Å². The largest absolute Gasteiger partial charge is 0.314 e. The predicted molar refractivity (Wildman–Crippen MR) is 45.0 cm³/mol. The van der Waals surface area contributed by atoms with Crippen LogP contribution >= 0.6 is 0 Å². The van der Waals surface area contributed by atoms with Gasteiger partial charge in [0.2, 0.25) is 0 Å². The maximum atomic E-state index is 3.47. The molecule has 1 aliphatic heterocycles. The summed E-state index contributed by atoms with van der Waals surface area (Å²) in [5, 5.41) is 3.47. The number of hydrogen-bond acceptors (Lipinski definition) is 1. The summed E-state index contributed by atoms with van der Waals surface area (Å²) in [6.07, 6.45) is 2.75. The highest BCUT2D eigenvalue weighted by Crippen LogP contribution is 2.23. The zero-order chi connectivity index (χ0) is 7.56. The molecule has 1 aliphatic rings. The zero-order valence-corrected chi connectivity index (χ0v) is 7.35. The Morgan fingerprint density at radius 1 is 1.40 bits per heavy atom. The minimum Gasteiger partial charge on any atom is -0.314 e. The molecule has 1 rings (SSSR count). The summed E-state index contributed by atoms with van der Waals surface area (Å²) in [6, 6.07) is 0.751. The van der Waals surface area contributed by atoms with Crippen molar-refractivity contribution in [2.75, 3.05) is 6.54 Å². The van der Waals surface area contributed by atoms with Crippen molar-refractivity contribution in [3.8, 4) is 0 Å². The quantitative estimate of drug-likeness (QED) is 0.589. The fourth-order valence-corrected chi connectivity index (χ4v) is 1.78. The molecule has 2 atom stereocenters. The van der Waals surface area contributed by atoms with Crippen LogP contribution in [0.1, 0.15) is 33.6 Å². The van der Waals surface area contributed by atoms with Gasteiger partial charge in [0.15, 0.2) is 0 Å². The molecule has 0 aliphatic carbocycles. The second-order valence-electron chi connectivity index (χ2n) is 3.88. The zero-order valence-electron chi connectivity index (χ0n) is 7.35. The van der Waals surface area contributed by atoms with Gasteiger partial charge in [-0.25, -0.2) is 0 Å². The second kappa shape index (κ2) is 3.38. The SMILES string of the molecule is CC(C)[C@@H]1CCN[C@@H](C)C1. The van der Waals surface area contributed by atoms with Gasteiger partial charge in [-0.3, -0.25) is 0 Å². The molecule has 0 unspecified atom stereocenters. The van der Waals surface area contributed by atoms with Crippen molar-refractivity contribution in [2.45, 2.75) is 39.7 Å². The van der Waals surface area contributed by atoms with Crippen molar-refractivity contribution in [1.29, 1.82) is 0 Å². The molecule has 0 spiro atoms. The third-order valence-corrected chi connectivity index (χ3v) is 2.61. The average Bonchev–Trinajstić information content (AvgIpc) is 1.88. The molecule has 1 N–H and O–H groups in total. The van der Waals surface area contributed by atoms with Gasteiger partial charge < -0.3 is 5.32 Å². The number of nitrogens with one attached hydrogen (secondary N) is 1. The normalized spacial score (nSPS) is 34.8. The number of piperidine rings is 1. The fourth-order valence-electron chi connectivity index (χ4n) is 1.78. The van der Waals surface area contributed by atoms with Gasteiger partial charge in [0.05, 0.1) is 0 Å². The van der Waals surface area contributed by atoms with Gasteiger partial charge in [-0.15, -0.1) is 0 Å². The lowest BCUT2D eigenvalue weighted by atomic mass is 9.84. The maximum absolute atomic E-state index is 3.47. The molecule has 60 valence electrons. The topological polar surface area (TPSA) is 12.0 Å². The molecular weight excluding hydrogens is 122 g/mol. The molecule has 1 nitrogen and oxygen atoms in total. The summed E-state index contributed by atoms with van der Waals surface area (Å²) in [5.41, 5.74) is 0. The summed E-state index contributed by atoms with van der Waals surface area (Å²) in [5.74, 6) is 1.85. The minimum absolute atomic E-state index is 0.751. The van der Waals surface area contributed by atoms with E-state index in [-0.39, 0.29) is 0 Å². The van der Waals surface area contributed by atoms with Gasteiger partial charge >= 0.3 is 0 Å². The molecule has 0 aromatic rings. The summed E-state index contributed by atoms with van der Waals surface area (Å²) >= 11 is 0. The molecule has 1 heteroatoms. The molecule has 10 heavy (non-hydrogen) atoms. The van der Waals surface area contributed by atoms with Crippen LogP contribution in [0, 0.1) is 11.8 Å². The van der Waals surface area contributed by atoms with Crippen molar-refractivity contribution in [2.24, 2.45) is 11.8 Å². The summed E-state index contributed by atoms with van der Waals surface area (Å²) < 4.78 is 0. The second-order valence-corrected chi connectivity index (χ2v) is 3.88. The van der Waals surface area contributed by atoms with Crippen LogP contribution < -0.4 is 5.32 Å². The van der Waals surface area contributed by atoms with Gasteiger partial charge in [-0.05, 0) is 38.1 Å². The van der Waals surface area contributed by atoms with E-state index < -0.39 is 0 Å². The molecule has 1 saturated heterocycles. The van der Waals surface area contributed by atoms with Crippen LogP contribution in [0.5, 0.6) is 0 Å². The van der Waals surface area contributed by atoms with Crippen LogP contribution in [0.15, 0.2) is 0 Å². The molecule has 0 amide bonds. The smallest absolute Gasteiger partial charge is 0.00414 e. The fraction of sp³-hybridized carbons (Fsp3) is 1.00. The summed E-state index contributed by atoms with van der Waals surface area (Å²) in [6.45, 7) is 8.18. The predicted octanol–water partition coefficient (Wildman–Crippen LogP) is 2.03. The monoisotopic (exact) mass is 141 g/mol. The van der Waals surface area contributed by atoms with E-state index in [4.69, 9.17) is 0 Å². The Morgan fingerprint density at radius 2 is 2.10 bits per heavy atom. The third kappa shape index (κ3) is 1.98. The third-order valence-electron chi connectivity index (χ3n) is 2.61. The van der Waals surface area contributed by atoms with Crippen molar-refractivity contribution in [3.05, 3.63) is 0 Å². The molecule has 1 fully saturated rings. The highest BCUT2D eigenvalue weighted by Gasteiger charge is 2.20. The van der Waals surface area contributed by atoms with Gasteiger partial charge in [-0.1, -0.05) is 13.8 Å². The van der Waals surface area contributed by atoms with Crippen molar-refractivity contribution >= 4 is 0 Å². The summed E-state index contributed by atoms with van der Waals surface area (Å²) in [7, 11) is 0. The van der Waals surface area contributed by atoms with Crippen LogP contribution in [-0.4, -0.2) is 12.6 Å². The highest BCUT2D eigenvalue weighted by molar-refractivity contribution is 4.76. The average molecular weight is 141 g/mol. The highest BCUT2D eigenvalue weighted by atomic mass is 14.9. The molecule has 0 radical (unpaired) electrons. The lowest BCUT2D eigenvalue weighted by Crippen LogP contribution is -2.37. The number of hydrogen-bond donors (Lipinski definition) is 1. The van der Waals surface area contributed by atoms with Crippen LogP contribution in [-0.2, 0) is 0 Å². The maximum Gasteiger partial charge on any atom is 0.00414 e. The van der Waals surface area contributed by atoms with Crippen molar-refractivity contribution in [1.82, 2.24) is 5.32 Å². The van der Waals surface area contributed by atoms with Crippen molar-refractivity contribution in [3.63, 3.8) is 0 Å². The van der Waals surface area contributed by atoms with Crippen LogP contribution in [0.3, 0.4) is 0 Å². The van der Waals surface area contributed by atoms with E-state index in [1.165, 1.54) is 19.4 Å². The first-order valence-electron chi connectivity index (χ1n) is 4.43. The van der Waals surface area contributed by atoms with Gasteiger partial charge in [0.25, 0.3) is 0 Å². The molecule has 0 aromatic carbocycles. The molecule has 0 saturated carbocycles.